The lowest BCUT2D eigenvalue weighted by molar-refractivity contribution is 0.104. The third-order valence-electron chi connectivity index (χ3n) is 3.19. The summed E-state index contributed by atoms with van der Waals surface area (Å²) in [6, 6.07) is 5.19. The highest BCUT2D eigenvalue weighted by atomic mass is 35.5. The van der Waals surface area contributed by atoms with Crippen molar-refractivity contribution in [2.75, 3.05) is 14.2 Å². The molecule has 116 valence electrons. The largest absolute Gasteiger partial charge is 0.493 e. The molecule has 22 heavy (non-hydrogen) atoms. The van der Waals surface area contributed by atoms with E-state index in [1.165, 1.54) is 20.3 Å². The summed E-state index contributed by atoms with van der Waals surface area (Å²) in [5.74, 6) is 2.17. The van der Waals surface area contributed by atoms with Crippen molar-refractivity contribution in [1.29, 1.82) is 0 Å². The van der Waals surface area contributed by atoms with Gasteiger partial charge in [-0.2, -0.15) is 0 Å². The Morgan fingerprint density at radius 1 is 1.18 bits per heavy atom. The van der Waals surface area contributed by atoms with Gasteiger partial charge >= 0.3 is 0 Å². The summed E-state index contributed by atoms with van der Waals surface area (Å²) < 4.78 is 15.8. The van der Waals surface area contributed by atoms with E-state index in [0.717, 1.165) is 5.56 Å². The van der Waals surface area contributed by atoms with Crippen molar-refractivity contribution in [3.63, 3.8) is 0 Å². The summed E-state index contributed by atoms with van der Waals surface area (Å²) >= 11 is 6.14. The van der Waals surface area contributed by atoms with Crippen LogP contribution in [0.2, 0.25) is 5.02 Å². The third-order valence-corrected chi connectivity index (χ3v) is 3.47. The van der Waals surface area contributed by atoms with E-state index >= 15 is 0 Å². The van der Waals surface area contributed by atoms with Gasteiger partial charge in [0.1, 0.15) is 11.5 Å². The number of hydrogen-bond donors (Lipinski definition) is 0. The lowest BCUT2D eigenvalue weighted by Gasteiger charge is -2.10. The first-order chi connectivity index (χ1) is 10.5. The van der Waals surface area contributed by atoms with Crippen molar-refractivity contribution in [3.8, 4) is 11.5 Å². The molecule has 0 amide bonds. The number of halogens is 1. The van der Waals surface area contributed by atoms with Crippen LogP contribution in [0.5, 0.6) is 11.5 Å². The van der Waals surface area contributed by atoms with E-state index in [4.69, 9.17) is 25.5 Å². The topological polar surface area (TPSA) is 48.7 Å². The van der Waals surface area contributed by atoms with Crippen LogP contribution in [0, 0.1) is 13.8 Å². The molecule has 0 saturated carbocycles. The molecule has 2 aromatic rings. The van der Waals surface area contributed by atoms with E-state index in [2.05, 4.69) is 0 Å². The van der Waals surface area contributed by atoms with Crippen LogP contribution in [-0.2, 0) is 0 Å². The van der Waals surface area contributed by atoms with Crippen molar-refractivity contribution >= 4 is 23.5 Å². The molecule has 0 atom stereocenters. The first-order valence-corrected chi connectivity index (χ1v) is 7.05. The van der Waals surface area contributed by atoms with E-state index in [0.29, 0.717) is 33.6 Å². The molecule has 2 rings (SSSR count). The summed E-state index contributed by atoms with van der Waals surface area (Å²) in [7, 11) is 3.05. The second kappa shape index (κ2) is 6.71. The van der Waals surface area contributed by atoms with Crippen LogP contribution in [-0.4, -0.2) is 20.0 Å². The lowest BCUT2D eigenvalue weighted by Crippen LogP contribution is -1.95. The molecule has 0 N–H and O–H groups in total. The molecule has 0 unspecified atom stereocenters. The molecule has 1 aromatic heterocycles. The normalized spacial score (nSPS) is 11.0. The van der Waals surface area contributed by atoms with Gasteiger partial charge in [-0.25, -0.2) is 0 Å². The Bertz CT molecular complexity index is 729. The maximum Gasteiger partial charge on any atom is 0.189 e. The first-order valence-electron chi connectivity index (χ1n) is 6.67. The molecule has 4 nitrogen and oxygen atoms in total. The predicted molar refractivity (Wildman–Crippen MR) is 86.1 cm³/mol. The Hall–Kier alpha value is -2.20. The molecule has 0 aliphatic heterocycles. The summed E-state index contributed by atoms with van der Waals surface area (Å²) in [5, 5.41) is 0.421. The van der Waals surface area contributed by atoms with Crippen LogP contribution in [0.1, 0.15) is 27.4 Å². The minimum Gasteiger partial charge on any atom is -0.493 e. The molecule has 0 spiro atoms. The Balaban J connectivity index is 2.28. The van der Waals surface area contributed by atoms with Gasteiger partial charge in [0.2, 0.25) is 0 Å². The van der Waals surface area contributed by atoms with Gasteiger partial charge in [0.25, 0.3) is 0 Å². The van der Waals surface area contributed by atoms with E-state index in [1.807, 2.05) is 6.92 Å². The Labute approximate surface area is 134 Å². The molecule has 0 aliphatic carbocycles. The number of furan rings is 1. The second-order valence-electron chi connectivity index (χ2n) is 4.76. The number of allylic oxidation sites excluding steroid dienone is 1. The fraction of sp³-hybridized carbons (Fsp3) is 0.235. The van der Waals surface area contributed by atoms with E-state index in [-0.39, 0.29) is 5.78 Å². The zero-order chi connectivity index (χ0) is 16.3. The number of ether oxygens (including phenoxy) is 2. The van der Waals surface area contributed by atoms with Crippen LogP contribution < -0.4 is 9.47 Å². The van der Waals surface area contributed by atoms with Crippen LogP contribution in [0.15, 0.2) is 28.7 Å². The Kier molecular flexibility index (Phi) is 4.93. The highest BCUT2D eigenvalue weighted by molar-refractivity contribution is 6.32. The zero-order valence-corrected chi connectivity index (χ0v) is 13.7. The minimum absolute atomic E-state index is 0.125. The summed E-state index contributed by atoms with van der Waals surface area (Å²) in [6.07, 6.45) is 3.16. The van der Waals surface area contributed by atoms with Gasteiger partial charge in [-0.15, -0.1) is 0 Å². The molecule has 0 bridgehead atoms. The molecule has 1 aromatic carbocycles. The monoisotopic (exact) mass is 320 g/mol. The number of benzene rings is 1. The number of rotatable bonds is 5. The SMILES string of the molecule is COc1cc(/C=C/C(=O)c2cc(C)oc2C)cc(Cl)c1OC. The van der Waals surface area contributed by atoms with Gasteiger partial charge in [0.05, 0.1) is 24.8 Å². The third kappa shape index (κ3) is 3.34. The van der Waals surface area contributed by atoms with Crippen LogP contribution in [0.25, 0.3) is 6.08 Å². The van der Waals surface area contributed by atoms with Crippen molar-refractivity contribution in [3.05, 3.63) is 51.9 Å². The van der Waals surface area contributed by atoms with Gasteiger partial charge in [0.15, 0.2) is 17.3 Å². The van der Waals surface area contributed by atoms with Gasteiger partial charge in [0, 0.05) is 0 Å². The van der Waals surface area contributed by atoms with Gasteiger partial charge in [-0.1, -0.05) is 17.7 Å². The molecule has 0 aliphatic rings. The maximum absolute atomic E-state index is 12.2. The average molecular weight is 321 g/mol. The average Bonchev–Trinajstić information content (AvgIpc) is 2.82. The fourth-order valence-corrected chi connectivity index (χ4v) is 2.47. The number of ketones is 1. The number of carbonyl (C=O) groups excluding carboxylic acids is 1. The second-order valence-corrected chi connectivity index (χ2v) is 5.17. The molecule has 0 radical (unpaired) electrons. The van der Waals surface area contributed by atoms with Crippen molar-refractivity contribution < 1.29 is 18.7 Å². The summed E-state index contributed by atoms with van der Waals surface area (Å²) in [6.45, 7) is 3.57. The molecule has 1 heterocycles. The number of methoxy groups -OCH3 is 2. The summed E-state index contributed by atoms with van der Waals surface area (Å²) in [4.78, 5) is 12.2. The summed E-state index contributed by atoms with van der Waals surface area (Å²) in [5.41, 5.74) is 1.30. The molecule has 0 saturated heterocycles. The van der Waals surface area contributed by atoms with E-state index in [1.54, 1.807) is 31.2 Å². The van der Waals surface area contributed by atoms with Crippen LogP contribution in [0.4, 0.5) is 0 Å². The Morgan fingerprint density at radius 3 is 2.45 bits per heavy atom. The lowest BCUT2D eigenvalue weighted by atomic mass is 10.1. The smallest absolute Gasteiger partial charge is 0.189 e. The standard InChI is InChI=1S/C17H17ClO4/c1-10-7-13(11(2)22-10)15(19)6-5-12-8-14(18)17(21-4)16(9-12)20-3/h5-9H,1-4H3/b6-5+. The highest BCUT2D eigenvalue weighted by Crippen LogP contribution is 2.36. The Morgan fingerprint density at radius 2 is 1.91 bits per heavy atom. The van der Waals surface area contributed by atoms with Gasteiger partial charge in [-0.3, -0.25) is 4.79 Å². The number of carbonyl (C=O) groups is 1. The first kappa shape index (κ1) is 16.2. The van der Waals surface area contributed by atoms with Crippen LogP contribution in [0.3, 0.4) is 0 Å². The molecular weight excluding hydrogens is 304 g/mol. The maximum atomic E-state index is 12.2. The quantitative estimate of drug-likeness (QED) is 0.602. The zero-order valence-electron chi connectivity index (χ0n) is 12.9. The number of aryl methyl sites for hydroxylation is 2. The van der Waals surface area contributed by atoms with Crippen molar-refractivity contribution in [2.45, 2.75) is 13.8 Å². The van der Waals surface area contributed by atoms with Crippen LogP contribution >= 0.6 is 11.6 Å². The molecule has 5 heteroatoms. The predicted octanol–water partition coefficient (Wildman–Crippen LogP) is 4.46. The minimum atomic E-state index is -0.125. The highest BCUT2D eigenvalue weighted by Gasteiger charge is 2.12. The van der Waals surface area contributed by atoms with E-state index in [9.17, 15) is 4.79 Å². The molecular formula is C17H17ClO4. The van der Waals surface area contributed by atoms with Crippen molar-refractivity contribution in [2.24, 2.45) is 0 Å². The van der Waals surface area contributed by atoms with Gasteiger partial charge < -0.3 is 13.9 Å². The fourth-order valence-electron chi connectivity index (χ4n) is 2.17. The van der Waals surface area contributed by atoms with Gasteiger partial charge in [-0.05, 0) is 43.7 Å². The number of hydrogen-bond acceptors (Lipinski definition) is 4. The molecule has 0 fully saturated rings. The van der Waals surface area contributed by atoms with Crippen molar-refractivity contribution in [1.82, 2.24) is 0 Å². The van der Waals surface area contributed by atoms with E-state index < -0.39 is 0 Å².